The average Bonchev–Trinajstić information content (AvgIpc) is 2.86. The number of benzene rings is 2. The molecular formula is C19H18ClNO3S. The van der Waals surface area contributed by atoms with E-state index in [0.717, 1.165) is 11.1 Å². The summed E-state index contributed by atoms with van der Waals surface area (Å²) in [5.74, 6) is -0.378. The Balaban J connectivity index is 2.07. The summed E-state index contributed by atoms with van der Waals surface area (Å²) in [6.45, 7) is 3.85. The van der Waals surface area contributed by atoms with E-state index >= 15 is 0 Å². The Labute approximate surface area is 152 Å². The quantitative estimate of drug-likeness (QED) is 0.817. The third-order valence-corrected chi connectivity index (χ3v) is 5.63. The van der Waals surface area contributed by atoms with Crippen LogP contribution in [0.3, 0.4) is 0 Å². The maximum Gasteiger partial charge on any atom is 0.258 e. The van der Waals surface area contributed by atoms with E-state index in [1.54, 1.807) is 42.5 Å². The van der Waals surface area contributed by atoms with Crippen LogP contribution in [0.5, 0.6) is 0 Å². The van der Waals surface area contributed by atoms with E-state index in [4.69, 9.17) is 11.6 Å². The van der Waals surface area contributed by atoms with Crippen LogP contribution in [0, 0.1) is 13.8 Å². The number of carbonyl (C=O) groups excluding carboxylic acids is 1. The van der Waals surface area contributed by atoms with Gasteiger partial charge in [0.25, 0.3) is 5.91 Å². The average molecular weight is 376 g/mol. The van der Waals surface area contributed by atoms with Gasteiger partial charge in [0.05, 0.1) is 11.8 Å². The molecule has 6 heteroatoms. The van der Waals surface area contributed by atoms with Crippen molar-refractivity contribution in [3.8, 4) is 0 Å². The van der Waals surface area contributed by atoms with Gasteiger partial charge in [-0.25, -0.2) is 8.42 Å². The van der Waals surface area contributed by atoms with Crippen LogP contribution in [0.1, 0.15) is 21.5 Å². The Morgan fingerprint density at radius 3 is 2.36 bits per heavy atom. The van der Waals surface area contributed by atoms with E-state index in [1.165, 1.54) is 10.3 Å². The maximum atomic E-state index is 13.2. The minimum Gasteiger partial charge on any atom is -0.300 e. The number of carbonyl (C=O) groups is 1. The molecule has 0 spiro atoms. The molecule has 1 aliphatic heterocycles. The molecule has 0 bridgehead atoms. The lowest BCUT2D eigenvalue weighted by atomic mass is 10.1. The van der Waals surface area contributed by atoms with Crippen LogP contribution >= 0.6 is 11.6 Å². The molecule has 1 amide bonds. The number of nitrogens with zero attached hydrogens (tertiary/aromatic N) is 1. The van der Waals surface area contributed by atoms with Crippen molar-refractivity contribution in [2.24, 2.45) is 0 Å². The molecular weight excluding hydrogens is 358 g/mol. The maximum absolute atomic E-state index is 13.2. The number of sulfone groups is 1. The van der Waals surface area contributed by atoms with Crippen molar-refractivity contribution in [1.29, 1.82) is 0 Å². The van der Waals surface area contributed by atoms with Crippen molar-refractivity contribution in [3.05, 3.63) is 75.7 Å². The van der Waals surface area contributed by atoms with Crippen molar-refractivity contribution >= 4 is 33.0 Å². The van der Waals surface area contributed by atoms with E-state index in [-0.39, 0.29) is 11.7 Å². The Hall–Kier alpha value is -2.11. The Kier molecular flexibility index (Phi) is 4.71. The van der Waals surface area contributed by atoms with Crippen molar-refractivity contribution < 1.29 is 13.2 Å². The zero-order chi connectivity index (χ0) is 18.2. The predicted octanol–water partition coefficient (Wildman–Crippen LogP) is 3.91. The van der Waals surface area contributed by atoms with Gasteiger partial charge in [-0.1, -0.05) is 34.9 Å². The fourth-order valence-corrected chi connectivity index (χ4v) is 4.50. The van der Waals surface area contributed by atoms with Crippen LogP contribution in [0.2, 0.25) is 5.02 Å². The lowest BCUT2D eigenvalue weighted by Crippen LogP contribution is -2.41. The summed E-state index contributed by atoms with van der Waals surface area (Å²) in [5.41, 5.74) is 3.05. The lowest BCUT2D eigenvalue weighted by molar-refractivity contribution is 0.0983. The highest BCUT2D eigenvalue weighted by atomic mass is 35.5. The minimum absolute atomic E-state index is 0.129. The van der Waals surface area contributed by atoms with E-state index < -0.39 is 15.9 Å². The van der Waals surface area contributed by atoms with Gasteiger partial charge < -0.3 is 4.90 Å². The van der Waals surface area contributed by atoms with Crippen LogP contribution < -0.4 is 4.90 Å². The van der Waals surface area contributed by atoms with Gasteiger partial charge in [-0.3, -0.25) is 4.79 Å². The molecule has 4 nitrogen and oxygen atoms in total. The van der Waals surface area contributed by atoms with Crippen LogP contribution in [-0.2, 0) is 9.84 Å². The molecule has 2 aromatic rings. The summed E-state index contributed by atoms with van der Waals surface area (Å²) in [6.07, 6.45) is 1.55. The highest BCUT2D eigenvalue weighted by Crippen LogP contribution is 2.27. The molecule has 0 saturated carbocycles. The Morgan fingerprint density at radius 2 is 1.80 bits per heavy atom. The van der Waals surface area contributed by atoms with Crippen LogP contribution in [0.4, 0.5) is 5.69 Å². The highest BCUT2D eigenvalue weighted by Gasteiger charge is 2.32. The van der Waals surface area contributed by atoms with Gasteiger partial charge in [0.1, 0.15) is 0 Å². The van der Waals surface area contributed by atoms with E-state index in [1.807, 2.05) is 19.9 Å². The summed E-state index contributed by atoms with van der Waals surface area (Å²) in [7, 11) is -3.30. The predicted molar refractivity (Wildman–Crippen MR) is 101 cm³/mol. The van der Waals surface area contributed by atoms with E-state index in [9.17, 15) is 13.2 Å². The molecule has 0 saturated heterocycles. The van der Waals surface area contributed by atoms with Crippen LogP contribution in [0.25, 0.3) is 0 Å². The van der Waals surface area contributed by atoms with E-state index in [0.29, 0.717) is 16.3 Å². The first-order valence-corrected chi connectivity index (χ1v) is 9.93. The summed E-state index contributed by atoms with van der Waals surface area (Å²) >= 11 is 6.08. The van der Waals surface area contributed by atoms with Gasteiger partial charge in [-0.15, -0.1) is 0 Å². The van der Waals surface area contributed by atoms with Crippen molar-refractivity contribution in [1.82, 2.24) is 0 Å². The van der Waals surface area contributed by atoms with Crippen LogP contribution in [0.15, 0.2) is 53.9 Å². The Morgan fingerprint density at radius 1 is 1.12 bits per heavy atom. The van der Waals surface area contributed by atoms with Crippen molar-refractivity contribution in [3.63, 3.8) is 0 Å². The largest absolute Gasteiger partial charge is 0.300 e. The summed E-state index contributed by atoms with van der Waals surface area (Å²) in [6, 6.07) is 11.9. The van der Waals surface area contributed by atoms with Gasteiger partial charge in [-0.2, -0.15) is 0 Å². The minimum atomic E-state index is -3.30. The number of halogens is 1. The molecule has 0 aliphatic carbocycles. The number of amides is 1. The second-order valence-corrected chi connectivity index (χ2v) is 8.62. The smallest absolute Gasteiger partial charge is 0.258 e. The molecule has 0 fully saturated rings. The number of anilines is 1. The third-order valence-electron chi connectivity index (χ3n) is 4.02. The topological polar surface area (TPSA) is 54.5 Å². The van der Waals surface area contributed by atoms with Gasteiger partial charge in [0.2, 0.25) is 0 Å². The molecule has 2 aromatic carbocycles. The third kappa shape index (κ3) is 3.94. The molecule has 0 radical (unpaired) electrons. The van der Waals surface area contributed by atoms with Crippen molar-refractivity contribution in [2.45, 2.75) is 19.9 Å². The monoisotopic (exact) mass is 375 g/mol. The van der Waals surface area contributed by atoms with Gasteiger partial charge in [0, 0.05) is 21.7 Å². The molecule has 1 atom stereocenters. The molecule has 1 heterocycles. The number of aryl methyl sites for hydroxylation is 2. The second kappa shape index (κ2) is 6.65. The van der Waals surface area contributed by atoms with Gasteiger partial charge in [0.15, 0.2) is 9.84 Å². The Bertz CT molecular complexity index is 946. The standard InChI is InChI=1S/C19H18ClNO3S/c1-13-8-14(2)10-15(9-13)19(22)21(17-5-3-4-16(20)11-17)18-6-7-25(23,24)12-18/h3-11,18H,12H2,1-2H3/t18-/m1/s1. The number of rotatable bonds is 3. The fraction of sp³-hybridized carbons (Fsp3) is 0.211. The molecule has 0 N–H and O–H groups in total. The SMILES string of the molecule is Cc1cc(C)cc(C(=O)N(c2cccc(Cl)c2)[C@@H]2C=CS(=O)(=O)C2)c1. The molecule has 0 aromatic heterocycles. The fourth-order valence-electron chi connectivity index (χ4n) is 3.04. The molecule has 0 unspecified atom stereocenters. The lowest BCUT2D eigenvalue weighted by Gasteiger charge is -2.28. The molecule has 1 aliphatic rings. The highest BCUT2D eigenvalue weighted by molar-refractivity contribution is 7.94. The summed E-state index contributed by atoms with van der Waals surface area (Å²) < 4.78 is 23.7. The van der Waals surface area contributed by atoms with Crippen LogP contribution in [-0.4, -0.2) is 26.1 Å². The second-order valence-electron chi connectivity index (χ2n) is 6.26. The summed E-state index contributed by atoms with van der Waals surface area (Å²) in [5, 5.41) is 1.66. The zero-order valence-electron chi connectivity index (χ0n) is 13.9. The molecule has 3 rings (SSSR count). The van der Waals surface area contributed by atoms with Crippen molar-refractivity contribution in [2.75, 3.05) is 10.7 Å². The number of hydrogen-bond donors (Lipinski definition) is 0. The zero-order valence-corrected chi connectivity index (χ0v) is 15.5. The van der Waals surface area contributed by atoms with E-state index in [2.05, 4.69) is 0 Å². The first-order chi connectivity index (χ1) is 11.7. The summed E-state index contributed by atoms with van der Waals surface area (Å²) in [4.78, 5) is 14.7. The number of hydrogen-bond acceptors (Lipinski definition) is 3. The normalized spacial score (nSPS) is 18.3. The first kappa shape index (κ1) is 17.7. The van der Waals surface area contributed by atoms with Gasteiger partial charge in [-0.05, 0) is 50.3 Å². The molecule has 25 heavy (non-hydrogen) atoms. The van der Waals surface area contributed by atoms with Gasteiger partial charge >= 0.3 is 0 Å². The molecule has 130 valence electrons. The first-order valence-electron chi connectivity index (χ1n) is 7.83.